The van der Waals surface area contributed by atoms with Gasteiger partial charge in [0, 0.05) is 9.50 Å². The second-order valence-electron chi connectivity index (χ2n) is 4.02. The predicted molar refractivity (Wildman–Crippen MR) is 81.1 cm³/mol. The van der Waals surface area contributed by atoms with Gasteiger partial charge in [0.15, 0.2) is 4.77 Å². The van der Waals surface area contributed by atoms with Crippen molar-refractivity contribution in [3.8, 4) is 5.69 Å². The molecule has 0 bridgehead atoms. The summed E-state index contributed by atoms with van der Waals surface area (Å²) < 4.78 is 16.2. The third-order valence-electron chi connectivity index (χ3n) is 2.80. The fourth-order valence-corrected chi connectivity index (χ4v) is 2.98. The van der Waals surface area contributed by atoms with Crippen LogP contribution in [0.15, 0.2) is 40.9 Å². The number of nitrogens with one attached hydrogen (secondary N) is 1. The summed E-state index contributed by atoms with van der Waals surface area (Å²) in [4.78, 5) is 3.10. The van der Waals surface area contributed by atoms with Crippen LogP contribution in [0.1, 0.15) is 0 Å². The van der Waals surface area contributed by atoms with Crippen LogP contribution >= 0.6 is 39.7 Å². The highest BCUT2D eigenvalue weighted by Crippen LogP contribution is 2.28. The monoisotopic (exact) mass is 356 g/mol. The standard InChI is InChI=1S/C13H7BrClFN2S/c14-9-6-8(16)2-4-11(9)18-12-5-7(15)1-3-10(12)17-13(18)19/h1-6H,(H,17,19). The number of nitrogens with zero attached hydrogens (tertiary/aromatic N) is 1. The molecule has 19 heavy (non-hydrogen) atoms. The van der Waals surface area contributed by atoms with Gasteiger partial charge in [-0.15, -0.1) is 0 Å². The quantitative estimate of drug-likeness (QED) is 0.590. The van der Waals surface area contributed by atoms with Crippen molar-refractivity contribution in [2.45, 2.75) is 0 Å². The molecule has 0 aliphatic rings. The van der Waals surface area contributed by atoms with E-state index in [-0.39, 0.29) is 5.82 Å². The van der Waals surface area contributed by atoms with Gasteiger partial charge in [0.1, 0.15) is 5.82 Å². The molecule has 2 aromatic carbocycles. The Kier molecular flexibility index (Phi) is 3.20. The topological polar surface area (TPSA) is 20.7 Å². The molecule has 1 N–H and O–H groups in total. The Morgan fingerprint density at radius 3 is 2.74 bits per heavy atom. The molecular formula is C13H7BrClFN2S. The number of hydrogen-bond acceptors (Lipinski definition) is 1. The van der Waals surface area contributed by atoms with E-state index in [4.69, 9.17) is 23.8 Å². The van der Waals surface area contributed by atoms with Crippen LogP contribution in [0.4, 0.5) is 4.39 Å². The van der Waals surface area contributed by atoms with Crippen LogP contribution in [0.5, 0.6) is 0 Å². The average molecular weight is 358 g/mol. The van der Waals surface area contributed by atoms with Gasteiger partial charge in [0.2, 0.25) is 0 Å². The Bertz CT molecular complexity index is 840. The van der Waals surface area contributed by atoms with Crippen LogP contribution in [0, 0.1) is 10.6 Å². The van der Waals surface area contributed by atoms with Crippen molar-refractivity contribution in [1.82, 2.24) is 9.55 Å². The fraction of sp³-hybridized carbons (Fsp3) is 0. The van der Waals surface area contributed by atoms with Gasteiger partial charge in [-0.2, -0.15) is 0 Å². The van der Waals surface area contributed by atoms with Crippen molar-refractivity contribution in [3.05, 3.63) is 56.5 Å². The maximum Gasteiger partial charge on any atom is 0.182 e. The average Bonchev–Trinajstić information content (AvgIpc) is 2.65. The van der Waals surface area contributed by atoms with Gasteiger partial charge in [-0.25, -0.2) is 4.39 Å². The van der Waals surface area contributed by atoms with E-state index in [1.807, 2.05) is 16.7 Å². The molecule has 1 heterocycles. The van der Waals surface area contributed by atoms with Gasteiger partial charge in [-0.3, -0.25) is 4.57 Å². The van der Waals surface area contributed by atoms with Crippen LogP contribution in [-0.4, -0.2) is 9.55 Å². The molecule has 0 atom stereocenters. The zero-order chi connectivity index (χ0) is 13.6. The van der Waals surface area contributed by atoms with Gasteiger partial charge in [0.05, 0.1) is 16.7 Å². The van der Waals surface area contributed by atoms with Crippen molar-refractivity contribution in [2.75, 3.05) is 0 Å². The van der Waals surface area contributed by atoms with Crippen molar-refractivity contribution in [1.29, 1.82) is 0 Å². The Labute approximate surface area is 127 Å². The first-order chi connectivity index (χ1) is 9.06. The predicted octanol–water partition coefficient (Wildman–Crippen LogP) is 5.24. The number of H-pyrrole nitrogens is 1. The Morgan fingerprint density at radius 1 is 1.21 bits per heavy atom. The van der Waals surface area contributed by atoms with Crippen molar-refractivity contribution < 1.29 is 4.39 Å². The number of benzene rings is 2. The molecule has 96 valence electrons. The molecule has 2 nitrogen and oxygen atoms in total. The first-order valence-electron chi connectivity index (χ1n) is 5.42. The number of aromatic nitrogens is 2. The van der Waals surface area contributed by atoms with Crippen molar-refractivity contribution in [2.24, 2.45) is 0 Å². The normalized spacial score (nSPS) is 11.1. The van der Waals surface area contributed by atoms with E-state index in [0.29, 0.717) is 14.3 Å². The molecule has 6 heteroatoms. The smallest absolute Gasteiger partial charge is 0.182 e. The fourth-order valence-electron chi connectivity index (χ4n) is 1.98. The lowest BCUT2D eigenvalue weighted by Crippen LogP contribution is -1.95. The highest BCUT2D eigenvalue weighted by Gasteiger charge is 2.10. The lowest BCUT2D eigenvalue weighted by atomic mass is 10.2. The van der Waals surface area contributed by atoms with Crippen LogP contribution < -0.4 is 0 Å². The van der Waals surface area contributed by atoms with Crippen LogP contribution in [-0.2, 0) is 0 Å². The second-order valence-corrected chi connectivity index (χ2v) is 5.70. The van der Waals surface area contributed by atoms with E-state index in [1.165, 1.54) is 12.1 Å². The molecule has 0 radical (unpaired) electrons. The molecule has 0 spiro atoms. The van der Waals surface area contributed by atoms with Crippen molar-refractivity contribution in [3.63, 3.8) is 0 Å². The van der Waals surface area contributed by atoms with Crippen LogP contribution in [0.2, 0.25) is 5.02 Å². The van der Waals surface area contributed by atoms with Gasteiger partial charge in [0.25, 0.3) is 0 Å². The summed E-state index contributed by atoms with van der Waals surface area (Å²) in [6, 6.07) is 9.94. The van der Waals surface area contributed by atoms with E-state index in [1.54, 1.807) is 12.1 Å². The summed E-state index contributed by atoms with van der Waals surface area (Å²) in [6.07, 6.45) is 0. The summed E-state index contributed by atoms with van der Waals surface area (Å²) in [5.74, 6) is -0.306. The molecule has 0 amide bonds. The molecule has 0 aliphatic carbocycles. The number of fused-ring (bicyclic) bond motifs is 1. The van der Waals surface area contributed by atoms with Gasteiger partial charge >= 0.3 is 0 Å². The summed E-state index contributed by atoms with van der Waals surface area (Å²) in [5, 5.41) is 0.619. The summed E-state index contributed by atoms with van der Waals surface area (Å²) >= 11 is 14.7. The molecule has 3 rings (SSSR count). The molecule has 0 saturated heterocycles. The Morgan fingerprint density at radius 2 is 2.00 bits per heavy atom. The zero-order valence-corrected chi connectivity index (χ0v) is 12.6. The maximum atomic E-state index is 13.2. The van der Waals surface area contributed by atoms with Gasteiger partial charge in [-0.1, -0.05) is 11.6 Å². The van der Waals surface area contributed by atoms with Gasteiger partial charge in [-0.05, 0) is 64.5 Å². The van der Waals surface area contributed by atoms with E-state index < -0.39 is 0 Å². The van der Waals surface area contributed by atoms with E-state index in [9.17, 15) is 4.39 Å². The van der Waals surface area contributed by atoms with Crippen LogP contribution in [0.3, 0.4) is 0 Å². The van der Waals surface area contributed by atoms with E-state index >= 15 is 0 Å². The molecule has 0 unspecified atom stereocenters. The molecular weight excluding hydrogens is 351 g/mol. The van der Waals surface area contributed by atoms with E-state index in [0.717, 1.165) is 16.7 Å². The maximum absolute atomic E-state index is 13.2. The molecule has 3 aromatic rings. The molecule has 0 aliphatic heterocycles. The van der Waals surface area contributed by atoms with Crippen LogP contribution in [0.25, 0.3) is 16.7 Å². The summed E-state index contributed by atoms with van der Waals surface area (Å²) in [5.41, 5.74) is 2.50. The third-order valence-corrected chi connectivity index (χ3v) is 3.95. The number of rotatable bonds is 1. The molecule has 0 saturated carbocycles. The first-order valence-corrected chi connectivity index (χ1v) is 7.00. The van der Waals surface area contributed by atoms with E-state index in [2.05, 4.69) is 20.9 Å². The first kappa shape index (κ1) is 12.8. The lowest BCUT2D eigenvalue weighted by molar-refractivity contribution is 0.626. The SMILES string of the molecule is Fc1ccc(-n2c(=S)[nH]c3ccc(Cl)cc32)c(Br)c1. The number of hydrogen-bond donors (Lipinski definition) is 1. The Hall–Kier alpha value is -1.17. The zero-order valence-electron chi connectivity index (χ0n) is 9.45. The minimum absolute atomic E-state index is 0.306. The number of halogens is 3. The van der Waals surface area contributed by atoms with Gasteiger partial charge < -0.3 is 4.98 Å². The highest BCUT2D eigenvalue weighted by molar-refractivity contribution is 9.10. The number of imidazole rings is 1. The Balaban J connectivity index is 2.38. The molecule has 1 aromatic heterocycles. The second kappa shape index (κ2) is 4.74. The summed E-state index contributed by atoms with van der Waals surface area (Å²) in [7, 11) is 0. The minimum atomic E-state index is -0.306. The molecule has 0 fully saturated rings. The summed E-state index contributed by atoms with van der Waals surface area (Å²) in [6.45, 7) is 0. The number of aromatic amines is 1. The lowest BCUT2D eigenvalue weighted by Gasteiger charge is -2.07. The van der Waals surface area contributed by atoms with Crippen molar-refractivity contribution >= 4 is 50.8 Å². The highest BCUT2D eigenvalue weighted by atomic mass is 79.9. The minimum Gasteiger partial charge on any atom is -0.330 e. The largest absolute Gasteiger partial charge is 0.330 e. The third kappa shape index (κ3) is 2.22.